The first kappa shape index (κ1) is 27.0. The van der Waals surface area contributed by atoms with Gasteiger partial charge in [-0.3, -0.25) is 10.3 Å². The summed E-state index contributed by atoms with van der Waals surface area (Å²) in [5.41, 5.74) is 2.80. The molecular weight excluding hydrogens is 559 g/mol. The summed E-state index contributed by atoms with van der Waals surface area (Å²) in [4.78, 5) is 32.9. The maximum absolute atomic E-state index is 15.0. The standard InChI is InChI=1S/C27H20ClFN6O4S/c1-13(14(2)39-27(36)33-17-7-16(30-3)10-31-11-17)38-22-9-23-20(8-19(22)29)35-26(40-23)18-5-15(28)6-21-25(18)32-12-24(34-21)37-4/h5-14H,1-2,4H3,(H,33,36)/t13-,14+/m0/s1. The number of hydrogen-bond donors (Lipinski definition) is 1. The summed E-state index contributed by atoms with van der Waals surface area (Å²) in [6.07, 6.45) is 2.08. The van der Waals surface area contributed by atoms with Crippen LogP contribution < -0.4 is 14.8 Å². The van der Waals surface area contributed by atoms with E-state index >= 15 is 4.39 Å². The molecule has 0 unspecified atom stereocenters. The summed E-state index contributed by atoms with van der Waals surface area (Å²) in [6.45, 7) is 10.3. The highest BCUT2D eigenvalue weighted by molar-refractivity contribution is 7.21. The third-order valence-electron chi connectivity index (χ3n) is 5.84. The zero-order valence-electron chi connectivity index (χ0n) is 21.3. The van der Waals surface area contributed by atoms with Crippen molar-refractivity contribution in [2.45, 2.75) is 26.1 Å². The van der Waals surface area contributed by atoms with Gasteiger partial charge in [0.05, 0.1) is 46.8 Å². The molecule has 2 aromatic carbocycles. The molecule has 0 saturated carbocycles. The quantitative estimate of drug-likeness (QED) is 0.204. The second-order valence-corrected chi connectivity index (χ2v) is 10.1. The molecular formula is C27H20ClFN6O4S. The first-order valence-electron chi connectivity index (χ1n) is 11.8. The molecule has 1 N–H and O–H groups in total. The molecule has 0 fully saturated rings. The second kappa shape index (κ2) is 11.3. The number of hydrogen-bond acceptors (Lipinski definition) is 9. The van der Waals surface area contributed by atoms with Crippen LogP contribution in [0.1, 0.15) is 13.8 Å². The third-order valence-corrected chi connectivity index (χ3v) is 7.11. The predicted octanol–water partition coefficient (Wildman–Crippen LogP) is 7.06. The fourth-order valence-electron chi connectivity index (χ4n) is 3.74. The Morgan fingerprint density at radius 3 is 2.70 bits per heavy atom. The van der Waals surface area contributed by atoms with Crippen LogP contribution in [0.15, 0.2) is 48.9 Å². The van der Waals surface area contributed by atoms with Crippen LogP contribution in [0.4, 0.5) is 20.6 Å². The lowest BCUT2D eigenvalue weighted by molar-refractivity contribution is 0.0402. The molecule has 2 atom stereocenters. The van der Waals surface area contributed by atoms with Crippen LogP contribution in [0, 0.1) is 12.4 Å². The molecule has 40 heavy (non-hydrogen) atoms. The Labute approximate surface area is 236 Å². The van der Waals surface area contributed by atoms with Crippen molar-refractivity contribution in [1.29, 1.82) is 0 Å². The first-order chi connectivity index (χ1) is 19.2. The van der Waals surface area contributed by atoms with Gasteiger partial charge in [0.2, 0.25) is 11.6 Å². The number of fused-ring (bicyclic) bond motifs is 2. The number of thiazole rings is 1. The third kappa shape index (κ3) is 5.70. The molecule has 3 aromatic heterocycles. The Bertz CT molecular complexity index is 1790. The van der Waals surface area contributed by atoms with Crippen LogP contribution >= 0.6 is 22.9 Å². The Balaban J connectivity index is 1.34. The summed E-state index contributed by atoms with van der Waals surface area (Å²) >= 11 is 7.65. The molecule has 3 heterocycles. The number of pyridine rings is 1. The van der Waals surface area contributed by atoms with Gasteiger partial charge >= 0.3 is 6.09 Å². The fourth-order valence-corrected chi connectivity index (χ4v) is 4.94. The average molecular weight is 579 g/mol. The van der Waals surface area contributed by atoms with E-state index in [9.17, 15) is 4.79 Å². The Morgan fingerprint density at radius 1 is 1.10 bits per heavy atom. The number of nitrogens with zero attached hydrogens (tertiary/aromatic N) is 5. The monoisotopic (exact) mass is 578 g/mol. The summed E-state index contributed by atoms with van der Waals surface area (Å²) < 4.78 is 32.0. The lowest BCUT2D eigenvalue weighted by atomic mass is 10.2. The molecule has 0 bridgehead atoms. The summed E-state index contributed by atoms with van der Waals surface area (Å²) in [5.74, 6) is -0.277. The van der Waals surface area contributed by atoms with E-state index in [0.29, 0.717) is 48.4 Å². The van der Waals surface area contributed by atoms with Gasteiger partial charge in [-0.15, -0.1) is 11.3 Å². The Hall–Kier alpha value is -4.60. The molecule has 10 nitrogen and oxygen atoms in total. The molecule has 0 radical (unpaired) electrons. The smallest absolute Gasteiger partial charge is 0.412 e. The van der Waals surface area contributed by atoms with E-state index in [1.807, 2.05) is 0 Å². The fraction of sp³-hybridized carbons (Fsp3) is 0.185. The van der Waals surface area contributed by atoms with Crippen molar-refractivity contribution < 1.29 is 23.4 Å². The zero-order valence-corrected chi connectivity index (χ0v) is 22.9. The van der Waals surface area contributed by atoms with Gasteiger partial charge in [0, 0.05) is 35.1 Å². The van der Waals surface area contributed by atoms with Gasteiger partial charge in [-0.2, -0.15) is 0 Å². The average Bonchev–Trinajstić information content (AvgIpc) is 3.34. The number of aromatic nitrogens is 4. The molecule has 5 aromatic rings. The summed E-state index contributed by atoms with van der Waals surface area (Å²) in [7, 11) is 1.50. The van der Waals surface area contributed by atoms with E-state index < -0.39 is 24.1 Å². The number of methoxy groups -OCH3 is 1. The predicted molar refractivity (Wildman–Crippen MR) is 150 cm³/mol. The molecule has 5 rings (SSSR count). The van der Waals surface area contributed by atoms with Gasteiger partial charge in [0.15, 0.2) is 11.6 Å². The molecule has 0 spiro atoms. The van der Waals surface area contributed by atoms with Crippen LogP contribution in [0.5, 0.6) is 11.6 Å². The maximum Gasteiger partial charge on any atom is 0.412 e. The lowest BCUT2D eigenvalue weighted by Crippen LogP contribution is -2.32. The van der Waals surface area contributed by atoms with Crippen LogP contribution in [-0.2, 0) is 4.74 Å². The van der Waals surface area contributed by atoms with E-state index in [-0.39, 0.29) is 11.4 Å². The highest BCUT2D eigenvalue weighted by atomic mass is 35.5. The van der Waals surface area contributed by atoms with Crippen LogP contribution in [-0.4, -0.2) is 45.3 Å². The normalized spacial score (nSPS) is 12.5. The van der Waals surface area contributed by atoms with Crippen molar-refractivity contribution in [3.05, 3.63) is 71.2 Å². The minimum atomic E-state index is -0.760. The number of anilines is 1. The van der Waals surface area contributed by atoms with Crippen molar-refractivity contribution >= 4 is 61.7 Å². The van der Waals surface area contributed by atoms with Crippen LogP contribution in [0.3, 0.4) is 0 Å². The Kier molecular flexibility index (Phi) is 7.59. The van der Waals surface area contributed by atoms with E-state index in [1.54, 1.807) is 32.0 Å². The van der Waals surface area contributed by atoms with Gasteiger partial charge in [-0.25, -0.2) is 29.0 Å². The number of carbonyl (C=O) groups excluding carboxylic acids is 1. The van der Waals surface area contributed by atoms with Crippen molar-refractivity contribution in [2.75, 3.05) is 12.4 Å². The zero-order chi connectivity index (χ0) is 28.4. The molecule has 202 valence electrons. The van der Waals surface area contributed by atoms with Gasteiger partial charge in [-0.05, 0) is 32.0 Å². The van der Waals surface area contributed by atoms with Gasteiger partial charge in [0.1, 0.15) is 17.2 Å². The van der Waals surface area contributed by atoms with E-state index in [1.165, 1.54) is 49.2 Å². The molecule has 0 aliphatic carbocycles. The SMILES string of the molecule is [C-]#[N+]c1cncc(NC(=O)O[C@H](C)[C@H](C)Oc2cc3sc(-c4cc(Cl)cc5nc(OC)cnc45)nc3cc2F)c1. The summed E-state index contributed by atoms with van der Waals surface area (Å²) in [5, 5.41) is 3.54. The highest BCUT2D eigenvalue weighted by Crippen LogP contribution is 2.38. The Morgan fingerprint density at radius 2 is 1.93 bits per heavy atom. The molecule has 0 saturated heterocycles. The highest BCUT2D eigenvalue weighted by Gasteiger charge is 2.22. The van der Waals surface area contributed by atoms with E-state index in [2.05, 4.69) is 30.1 Å². The number of nitrogens with one attached hydrogen (secondary N) is 1. The minimum absolute atomic E-state index is 0.0134. The van der Waals surface area contributed by atoms with Gasteiger partial charge < -0.3 is 14.2 Å². The number of halogens is 2. The largest absolute Gasteiger partial charge is 0.484 e. The summed E-state index contributed by atoms with van der Waals surface area (Å²) in [6, 6.07) is 7.72. The number of rotatable bonds is 7. The van der Waals surface area contributed by atoms with Crippen LogP contribution in [0.25, 0.3) is 36.7 Å². The van der Waals surface area contributed by atoms with Gasteiger partial charge in [0.25, 0.3) is 0 Å². The van der Waals surface area contributed by atoms with E-state index in [4.69, 9.17) is 32.4 Å². The van der Waals surface area contributed by atoms with Crippen molar-refractivity contribution in [2.24, 2.45) is 0 Å². The molecule has 1 amide bonds. The van der Waals surface area contributed by atoms with Crippen molar-refractivity contribution in [3.63, 3.8) is 0 Å². The first-order valence-corrected chi connectivity index (χ1v) is 13.0. The van der Waals surface area contributed by atoms with Gasteiger partial charge in [-0.1, -0.05) is 11.6 Å². The minimum Gasteiger partial charge on any atom is -0.484 e. The molecule has 0 aliphatic heterocycles. The maximum atomic E-state index is 15.0. The lowest BCUT2D eigenvalue weighted by Gasteiger charge is -2.22. The van der Waals surface area contributed by atoms with Crippen molar-refractivity contribution in [3.8, 4) is 22.2 Å². The number of ether oxygens (including phenoxy) is 3. The topological polar surface area (TPSA) is 113 Å². The molecule has 0 aliphatic rings. The van der Waals surface area contributed by atoms with Crippen LogP contribution in [0.2, 0.25) is 5.02 Å². The van der Waals surface area contributed by atoms with E-state index in [0.717, 1.165) is 0 Å². The van der Waals surface area contributed by atoms with Crippen molar-refractivity contribution in [1.82, 2.24) is 19.9 Å². The number of carbonyl (C=O) groups is 1. The number of benzene rings is 2. The molecule has 13 heteroatoms. The second-order valence-electron chi connectivity index (χ2n) is 8.60. The number of amides is 1.